The first-order valence-electron chi connectivity index (χ1n) is 7.82. The number of rotatable bonds is 5. The SMILES string of the molecule is COC(C)(C)C/C=C(/C(C)(C)C)[Si](C)(C)c1ccccc1. The lowest BCUT2D eigenvalue weighted by molar-refractivity contribution is 0.0253. The molecule has 0 saturated heterocycles. The van der Waals surface area contributed by atoms with Crippen LogP contribution < -0.4 is 5.19 Å². The Morgan fingerprint density at radius 1 is 1.05 bits per heavy atom. The second-order valence-electron chi connectivity index (χ2n) is 8.03. The fraction of sp³-hybridized carbons (Fsp3) is 0.579. The van der Waals surface area contributed by atoms with Crippen LogP contribution in [0.5, 0.6) is 0 Å². The zero-order valence-electron chi connectivity index (χ0n) is 15.1. The number of methoxy groups -OCH3 is 1. The molecule has 1 aromatic rings. The summed E-state index contributed by atoms with van der Waals surface area (Å²) in [7, 11) is 0.145. The largest absolute Gasteiger partial charge is 0.378 e. The number of allylic oxidation sites excluding steroid dienone is 1. The van der Waals surface area contributed by atoms with Crippen LogP contribution >= 0.6 is 0 Å². The lowest BCUT2D eigenvalue weighted by Gasteiger charge is -2.37. The van der Waals surface area contributed by atoms with Crippen molar-refractivity contribution < 1.29 is 4.74 Å². The van der Waals surface area contributed by atoms with Gasteiger partial charge in [0.2, 0.25) is 0 Å². The van der Waals surface area contributed by atoms with E-state index >= 15 is 0 Å². The highest BCUT2D eigenvalue weighted by atomic mass is 28.3. The fourth-order valence-corrected chi connectivity index (χ4v) is 6.76. The Morgan fingerprint density at radius 2 is 1.57 bits per heavy atom. The highest BCUT2D eigenvalue weighted by Gasteiger charge is 2.35. The third-order valence-corrected chi connectivity index (χ3v) is 8.40. The van der Waals surface area contributed by atoms with Gasteiger partial charge in [0.15, 0.2) is 0 Å². The Hall–Kier alpha value is -0.863. The molecule has 0 atom stereocenters. The van der Waals surface area contributed by atoms with E-state index in [2.05, 4.69) is 84.1 Å². The molecule has 0 radical (unpaired) electrons. The van der Waals surface area contributed by atoms with Crippen molar-refractivity contribution in [3.8, 4) is 0 Å². The van der Waals surface area contributed by atoms with Crippen LogP contribution in [0.2, 0.25) is 13.1 Å². The van der Waals surface area contributed by atoms with Crippen LogP contribution in [0.3, 0.4) is 0 Å². The molecule has 118 valence electrons. The van der Waals surface area contributed by atoms with Gasteiger partial charge >= 0.3 is 0 Å². The quantitative estimate of drug-likeness (QED) is 0.701. The molecule has 0 spiro atoms. The van der Waals surface area contributed by atoms with E-state index in [0.29, 0.717) is 0 Å². The Labute approximate surface area is 132 Å². The highest BCUT2D eigenvalue weighted by molar-refractivity contribution is 6.95. The first kappa shape index (κ1) is 18.2. The molecule has 0 bridgehead atoms. The Kier molecular flexibility index (Phi) is 5.62. The fourth-order valence-electron chi connectivity index (χ4n) is 2.94. The first-order valence-corrected chi connectivity index (χ1v) is 10.8. The maximum Gasteiger partial charge on any atom is 0.107 e. The van der Waals surface area contributed by atoms with E-state index in [9.17, 15) is 0 Å². The minimum atomic E-state index is -1.65. The smallest absolute Gasteiger partial charge is 0.107 e. The van der Waals surface area contributed by atoms with E-state index in [1.165, 1.54) is 5.19 Å². The molecule has 0 fully saturated rings. The molecule has 0 aliphatic carbocycles. The Morgan fingerprint density at radius 3 is 2.00 bits per heavy atom. The number of hydrogen-bond acceptors (Lipinski definition) is 1. The van der Waals surface area contributed by atoms with Gasteiger partial charge in [0.1, 0.15) is 8.07 Å². The maximum absolute atomic E-state index is 5.59. The van der Waals surface area contributed by atoms with Gasteiger partial charge in [0.25, 0.3) is 0 Å². The summed E-state index contributed by atoms with van der Waals surface area (Å²) < 4.78 is 5.59. The van der Waals surface area contributed by atoms with Crippen LogP contribution in [0, 0.1) is 5.41 Å². The van der Waals surface area contributed by atoms with Gasteiger partial charge < -0.3 is 4.74 Å². The molecule has 0 amide bonds. The minimum absolute atomic E-state index is 0.0995. The third kappa shape index (κ3) is 4.82. The van der Waals surface area contributed by atoms with E-state index in [1.54, 1.807) is 12.3 Å². The summed E-state index contributed by atoms with van der Waals surface area (Å²) in [5.41, 5.74) is 0.0903. The highest BCUT2D eigenvalue weighted by Crippen LogP contribution is 2.34. The predicted octanol–water partition coefficient (Wildman–Crippen LogP) is 4.93. The van der Waals surface area contributed by atoms with Crippen molar-refractivity contribution in [1.29, 1.82) is 0 Å². The molecular weight excluding hydrogens is 272 g/mol. The summed E-state index contributed by atoms with van der Waals surface area (Å²) in [6.45, 7) is 16.2. The second kappa shape index (κ2) is 6.49. The predicted molar refractivity (Wildman–Crippen MR) is 96.8 cm³/mol. The maximum atomic E-state index is 5.59. The monoisotopic (exact) mass is 304 g/mol. The van der Waals surface area contributed by atoms with Gasteiger partial charge in [0.05, 0.1) is 5.60 Å². The zero-order chi connectivity index (χ0) is 16.3. The van der Waals surface area contributed by atoms with Gasteiger partial charge in [-0.2, -0.15) is 0 Å². The van der Waals surface area contributed by atoms with Crippen LogP contribution in [0.25, 0.3) is 0 Å². The summed E-state index contributed by atoms with van der Waals surface area (Å²) in [6.07, 6.45) is 3.40. The van der Waals surface area contributed by atoms with Crippen molar-refractivity contribution in [2.75, 3.05) is 7.11 Å². The van der Waals surface area contributed by atoms with Gasteiger partial charge in [-0.3, -0.25) is 0 Å². The molecule has 0 saturated carbocycles. The molecule has 1 aromatic carbocycles. The number of hydrogen-bond donors (Lipinski definition) is 0. The van der Waals surface area contributed by atoms with Gasteiger partial charge in [-0.1, -0.05) is 80.7 Å². The van der Waals surface area contributed by atoms with Crippen molar-refractivity contribution in [3.05, 3.63) is 41.6 Å². The summed E-state index contributed by atoms with van der Waals surface area (Å²) in [4.78, 5) is 0. The van der Waals surface area contributed by atoms with E-state index in [-0.39, 0.29) is 11.0 Å². The van der Waals surface area contributed by atoms with Gasteiger partial charge in [-0.15, -0.1) is 0 Å². The Bertz CT molecular complexity index is 478. The molecular formula is C19H32OSi. The van der Waals surface area contributed by atoms with Gasteiger partial charge in [0, 0.05) is 7.11 Å². The summed E-state index contributed by atoms with van der Waals surface area (Å²) in [5, 5.41) is 3.10. The normalized spacial score (nSPS) is 14.4. The zero-order valence-corrected chi connectivity index (χ0v) is 16.1. The standard InChI is InChI=1S/C19H32OSi/c1-18(2,3)17(14-15-19(4,5)20-6)21(7,8)16-12-10-9-11-13-16/h9-14H,15H2,1-8H3/b17-14-. The van der Waals surface area contributed by atoms with E-state index < -0.39 is 8.07 Å². The van der Waals surface area contributed by atoms with Crippen LogP contribution in [0.1, 0.15) is 41.0 Å². The summed E-state index contributed by atoms with van der Waals surface area (Å²) in [5.74, 6) is 0. The lowest BCUT2D eigenvalue weighted by atomic mass is 9.93. The van der Waals surface area contributed by atoms with Gasteiger partial charge in [-0.05, 0) is 25.7 Å². The molecule has 2 heteroatoms. The average Bonchev–Trinajstić information content (AvgIpc) is 2.38. The van der Waals surface area contributed by atoms with Crippen LogP contribution in [0.4, 0.5) is 0 Å². The van der Waals surface area contributed by atoms with Crippen molar-refractivity contribution in [2.45, 2.75) is 59.7 Å². The number of benzene rings is 1. The molecule has 21 heavy (non-hydrogen) atoms. The van der Waals surface area contributed by atoms with Crippen molar-refractivity contribution in [3.63, 3.8) is 0 Å². The van der Waals surface area contributed by atoms with Crippen LogP contribution in [0.15, 0.2) is 41.6 Å². The third-order valence-electron chi connectivity index (χ3n) is 4.33. The lowest BCUT2D eigenvalue weighted by Crippen LogP contribution is -2.47. The van der Waals surface area contributed by atoms with Crippen molar-refractivity contribution in [2.24, 2.45) is 5.41 Å². The summed E-state index contributed by atoms with van der Waals surface area (Å²) in [6, 6.07) is 11.0. The first-order chi connectivity index (χ1) is 9.50. The van der Waals surface area contributed by atoms with Crippen molar-refractivity contribution >= 4 is 13.3 Å². The molecule has 0 unspecified atom stereocenters. The molecule has 0 heterocycles. The average molecular weight is 305 g/mol. The molecule has 1 nitrogen and oxygen atoms in total. The second-order valence-corrected chi connectivity index (χ2v) is 12.4. The Balaban J connectivity index is 3.23. The van der Waals surface area contributed by atoms with E-state index in [1.807, 2.05) is 0 Å². The van der Waals surface area contributed by atoms with Crippen LogP contribution in [-0.4, -0.2) is 20.8 Å². The van der Waals surface area contributed by atoms with Crippen LogP contribution in [-0.2, 0) is 4.74 Å². The van der Waals surface area contributed by atoms with E-state index in [0.717, 1.165) is 6.42 Å². The van der Waals surface area contributed by atoms with E-state index in [4.69, 9.17) is 4.74 Å². The van der Waals surface area contributed by atoms with Crippen molar-refractivity contribution in [1.82, 2.24) is 0 Å². The molecule has 0 aliphatic rings. The minimum Gasteiger partial charge on any atom is -0.378 e. The molecule has 1 rings (SSSR count). The van der Waals surface area contributed by atoms with Gasteiger partial charge in [-0.25, -0.2) is 0 Å². The molecule has 0 N–H and O–H groups in total. The molecule has 0 aliphatic heterocycles. The summed E-state index contributed by atoms with van der Waals surface area (Å²) >= 11 is 0. The topological polar surface area (TPSA) is 9.23 Å². The number of ether oxygens (including phenoxy) is 1. The molecule has 0 aromatic heterocycles.